The van der Waals surface area contributed by atoms with E-state index in [1.807, 2.05) is 39.0 Å². The molecule has 0 saturated carbocycles. The average molecular weight is 410 g/mol. The molecule has 2 aromatic carbocycles. The van der Waals surface area contributed by atoms with Gasteiger partial charge in [0.25, 0.3) is 11.1 Å². The molecule has 0 radical (unpaired) electrons. The van der Waals surface area contributed by atoms with Crippen molar-refractivity contribution in [3.63, 3.8) is 0 Å². The van der Waals surface area contributed by atoms with Gasteiger partial charge in [-0.1, -0.05) is 47.7 Å². The SMILES string of the molecule is Cc1cc(C)c(NC(=O)CSc2nnc(CNC(=O)c3ccccc3)o2)c(C)c1. The lowest BCUT2D eigenvalue weighted by molar-refractivity contribution is -0.113. The highest BCUT2D eigenvalue weighted by atomic mass is 32.2. The van der Waals surface area contributed by atoms with Gasteiger partial charge in [0.05, 0.1) is 12.3 Å². The molecule has 0 spiro atoms. The minimum Gasteiger partial charge on any atom is -0.414 e. The number of carbonyl (C=O) groups is 2. The third-order valence-corrected chi connectivity index (χ3v) is 4.97. The van der Waals surface area contributed by atoms with Gasteiger partial charge in [0.1, 0.15) is 0 Å². The number of aryl methyl sites for hydroxylation is 3. The second-order valence-electron chi connectivity index (χ2n) is 6.62. The maximum Gasteiger partial charge on any atom is 0.277 e. The van der Waals surface area contributed by atoms with Gasteiger partial charge in [0, 0.05) is 11.3 Å². The van der Waals surface area contributed by atoms with Crippen LogP contribution in [-0.4, -0.2) is 27.8 Å². The number of anilines is 1. The zero-order chi connectivity index (χ0) is 20.8. The molecule has 1 heterocycles. The molecule has 150 valence electrons. The van der Waals surface area contributed by atoms with E-state index < -0.39 is 0 Å². The highest BCUT2D eigenvalue weighted by Gasteiger charge is 2.13. The fraction of sp³-hybridized carbons (Fsp3) is 0.238. The Balaban J connectivity index is 1.49. The standard InChI is InChI=1S/C21H22N4O3S/c1-13-9-14(2)19(15(3)10-13)23-17(26)12-29-21-25-24-18(28-21)11-22-20(27)16-7-5-4-6-8-16/h4-10H,11-12H2,1-3H3,(H,22,27)(H,23,26). The number of rotatable bonds is 7. The van der Waals surface area contributed by atoms with Crippen molar-refractivity contribution in [3.05, 3.63) is 70.6 Å². The molecule has 0 aliphatic heterocycles. The van der Waals surface area contributed by atoms with Crippen molar-refractivity contribution in [2.75, 3.05) is 11.1 Å². The summed E-state index contributed by atoms with van der Waals surface area (Å²) in [5, 5.41) is 13.7. The number of hydrogen-bond donors (Lipinski definition) is 2. The number of thioether (sulfide) groups is 1. The second kappa shape index (κ2) is 9.38. The Morgan fingerprint density at radius 3 is 2.41 bits per heavy atom. The van der Waals surface area contributed by atoms with Crippen molar-refractivity contribution < 1.29 is 14.0 Å². The van der Waals surface area contributed by atoms with Gasteiger partial charge in [-0.25, -0.2) is 0 Å². The van der Waals surface area contributed by atoms with Crippen molar-refractivity contribution in [1.82, 2.24) is 15.5 Å². The molecule has 0 fully saturated rings. The van der Waals surface area contributed by atoms with Gasteiger partial charge in [-0.3, -0.25) is 9.59 Å². The Hall–Kier alpha value is -3.13. The Morgan fingerprint density at radius 2 is 1.72 bits per heavy atom. The van der Waals surface area contributed by atoms with Crippen molar-refractivity contribution in [1.29, 1.82) is 0 Å². The number of hydrogen-bond acceptors (Lipinski definition) is 6. The first-order valence-electron chi connectivity index (χ1n) is 9.08. The Kier molecular flexibility index (Phi) is 6.66. The lowest BCUT2D eigenvalue weighted by atomic mass is 10.1. The maximum absolute atomic E-state index is 12.3. The molecule has 1 aromatic heterocycles. The molecule has 3 aromatic rings. The largest absolute Gasteiger partial charge is 0.414 e. The first-order valence-corrected chi connectivity index (χ1v) is 10.1. The molecular weight excluding hydrogens is 388 g/mol. The molecular formula is C21H22N4O3S. The summed E-state index contributed by atoms with van der Waals surface area (Å²) >= 11 is 1.15. The normalized spacial score (nSPS) is 10.6. The van der Waals surface area contributed by atoms with E-state index in [4.69, 9.17) is 4.42 Å². The van der Waals surface area contributed by atoms with Crippen LogP contribution in [0.4, 0.5) is 5.69 Å². The fourth-order valence-electron chi connectivity index (χ4n) is 2.90. The molecule has 0 saturated heterocycles. The topological polar surface area (TPSA) is 97.1 Å². The van der Waals surface area contributed by atoms with E-state index in [-0.39, 0.29) is 35.2 Å². The van der Waals surface area contributed by atoms with Crippen LogP contribution < -0.4 is 10.6 Å². The van der Waals surface area contributed by atoms with E-state index in [0.29, 0.717) is 5.56 Å². The lowest BCUT2D eigenvalue weighted by Gasteiger charge is -2.12. The number of carbonyl (C=O) groups excluding carboxylic acids is 2. The first-order chi connectivity index (χ1) is 13.9. The summed E-state index contributed by atoms with van der Waals surface area (Å²) in [6, 6.07) is 12.9. The summed E-state index contributed by atoms with van der Waals surface area (Å²) in [4.78, 5) is 24.3. The fourth-order valence-corrected chi connectivity index (χ4v) is 3.48. The van der Waals surface area contributed by atoms with Crippen molar-refractivity contribution in [2.45, 2.75) is 32.5 Å². The molecule has 0 atom stereocenters. The molecule has 3 rings (SSSR count). The van der Waals surface area contributed by atoms with Gasteiger partial charge in [-0.2, -0.15) is 0 Å². The number of nitrogens with one attached hydrogen (secondary N) is 2. The van der Waals surface area contributed by atoms with Gasteiger partial charge in [-0.15, -0.1) is 10.2 Å². The highest BCUT2D eigenvalue weighted by Crippen LogP contribution is 2.23. The summed E-state index contributed by atoms with van der Waals surface area (Å²) in [7, 11) is 0. The molecule has 0 bridgehead atoms. The van der Waals surface area contributed by atoms with Gasteiger partial charge < -0.3 is 15.1 Å². The predicted molar refractivity (Wildman–Crippen MR) is 112 cm³/mol. The zero-order valence-electron chi connectivity index (χ0n) is 16.5. The third kappa shape index (κ3) is 5.68. The van der Waals surface area contributed by atoms with Crippen LogP contribution in [-0.2, 0) is 11.3 Å². The van der Waals surface area contributed by atoms with E-state index in [9.17, 15) is 9.59 Å². The van der Waals surface area contributed by atoms with E-state index in [1.54, 1.807) is 24.3 Å². The van der Waals surface area contributed by atoms with Crippen molar-refractivity contribution in [2.24, 2.45) is 0 Å². The highest BCUT2D eigenvalue weighted by molar-refractivity contribution is 7.99. The van der Waals surface area contributed by atoms with Gasteiger partial charge in [0.15, 0.2) is 0 Å². The smallest absolute Gasteiger partial charge is 0.277 e. The molecule has 2 amide bonds. The molecule has 0 aliphatic carbocycles. The molecule has 0 aliphatic rings. The average Bonchev–Trinajstić information content (AvgIpc) is 3.16. The molecule has 0 unspecified atom stereocenters. The number of aromatic nitrogens is 2. The van der Waals surface area contributed by atoms with Gasteiger partial charge in [-0.05, 0) is 44.0 Å². The number of benzene rings is 2. The van der Waals surface area contributed by atoms with E-state index in [2.05, 4.69) is 20.8 Å². The van der Waals surface area contributed by atoms with Crippen molar-refractivity contribution in [3.8, 4) is 0 Å². The summed E-state index contributed by atoms with van der Waals surface area (Å²) in [6.07, 6.45) is 0. The van der Waals surface area contributed by atoms with Crippen LogP contribution in [0, 0.1) is 20.8 Å². The summed E-state index contributed by atoms with van der Waals surface area (Å²) in [5.74, 6) is 0.0518. The van der Waals surface area contributed by atoms with Crippen LogP contribution in [0.3, 0.4) is 0 Å². The molecule has 2 N–H and O–H groups in total. The Labute approximate surface area is 173 Å². The number of amides is 2. The summed E-state index contributed by atoms with van der Waals surface area (Å²) in [5.41, 5.74) is 4.59. The molecule has 8 heteroatoms. The molecule has 7 nitrogen and oxygen atoms in total. The quantitative estimate of drug-likeness (QED) is 0.577. The minimum atomic E-state index is -0.221. The van der Waals surface area contributed by atoms with Gasteiger partial charge >= 0.3 is 0 Å². The Bertz CT molecular complexity index is 995. The van der Waals surface area contributed by atoms with Crippen LogP contribution >= 0.6 is 11.8 Å². The van der Waals surface area contributed by atoms with Crippen LogP contribution in [0.25, 0.3) is 0 Å². The van der Waals surface area contributed by atoms with Gasteiger partial charge in [0.2, 0.25) is 11.8 Å². The summed E-state index contributed by atoms with van der Waals surface area (Å²) < 4.78 is 5.48. The van der Waals surface area contributed by atoms with E-state index in [1.165, 1.54) is 0 Å². The van der Waals surface area contributed by atoms with E-state index in [0.717, 1.165) is 34.1 Å². The van der Waals surface area contributed by atoms with E-state index >= 15 is 0 Å². The van der Waals surface area contributed by atoms with Crippen LogP contribution in [0.15, 0.2) is 52.1 Å². The number of nitrogens with zero attached hydrogens (tertiary/aromatic N) is 2. The Morgan fingerprint density at radius 1 is 1.03 bits per heavy atom. The second-order valence-corrected chi connectivity index (χ2v) is 7.55. The van der Waals surface area contributed by atoms with Crippen LogP contribution in [0.1, 0.15) is 32.9 Å². The van der Waals surface area contributed by atoms with Crippen LogP contribution in [0.5, 0.6) is 0 Å². The first kappa shape index (κ1) is 20.6. The maximum atomic E-state index is 12.3. The minimum absolute atomic E-state index is 0.120. The van der Waals surface area contributed by atoms with Crippen molar-refractivity contribution >= 4 is 29.3 Å². The molecule has 29 heavy (non-hydrogen) atoms. The lowest BCUT2D eigenvalue weighted by Crippen LogP contribution is -2.22. The van der Waals surface area contributed by atoms with Crippen LogP contribution in [0.2, 0.25) is 0 Å². The third-order valence-electron chi connectivity index (χ3n) is 4.15. The monoisotopic (exact) mass is 410 g/mol. The predicted octanol–water partition coefficient (Wildman–Crippen LogP) is 3.66. The zero-order valence-corrected chi connectivity index (χ0v) is 17.3. The summed E-state index contributed by atoms with van der Waals surface area (Å²) in [6.45, 7) is 6.08.